The summed E-state index contributed by atoms with van der Waals surface area (Å²) in [6, 6.07) is 0.0728. The normalized spacial score (nSPS) is 24.2. The standard InChI is InChI=1S/C23H38N3O10PS/c1-14(2)36-19(28)16(4)25-37(32,34-10-11-38-20(29)22(5,6)7)35-13-23(31)12-33-18(15(23)3)26-9-8-17(27)24-21(26)30/h8-9,14-16,18,31H,10-13H2,1-7H3,(H,25,32)(H,24,27,30)/t15-,16?,18-,23+,37?/m1/s1. The van der Waals surface area contributed by atoms with E-state index in [0.717, 1.165) is 22.4 Å². The molecule has 0 spiro atoms. The van der Waals surface area contributed by atoms with Gasteiger partial charge in [0.25, 0.3) is 5.56 Å². The van der Waals surface area contributed by atoms with Crippen molar-refractivity contribution in [2.45, 2.75) is 72.4 Å². The first-order chi connectivity index (χ1) is 17.5. The van der Waals surface area contributed by atoms with E-state index in [4.69, 9.17) is 18.5 Å². The highest BCUT2D eigenvalue weighted by atomic mass is 32.2. The summed E-state index contributed by atoms with van der Waals surface area (Å²) in [6.45, 7) is 10.7. The van der Waals surface area contributed by atoms with Crippen LogP contribution in [0.5, 0.6) is 0 Å². The molecule has 2 rings (SSSR count). The van der Waals surface area contributed by atoms with E-state index in [1.165, 1.54) is 13.1 Å². The van der Waals surface area contributed by atoms with Crippen molar-refractivity contribution in [3.05, 3.63) is 33.1 Å². The quantitative estimate of drug-likeness (QED) is 0.186. The number of nitrogens with one attached hydrogen (secondary N) is 2. The van der Waals surface area contributed by atoms with Crippen LogP contribution >= 0.6 is 19.5 Å². The Morgan fingerprint density at radius 3 is 2.55 bits per heavy atom. The Labute approximate surface area is 225 Å². The van der Waals surface area contributed by atoms with Crippen LogP contribution in [0.4, 0.5) is 0 Å². The first-order valence-electron chi connectivity index (χ1n) is 12.2. The molecule has 2 heterocycles. The Kier molecular flexibility index (Phi) is 11.1. The molecule has 1 aliphatic heterocycles. The van der Waals surface area contributed by atoms with Gasteiger partial charge in [-0.25, -0.2) is 14.4 Å². The van der Waals surface area contributed by atoms with Crippen molar-refractivity contribution < 1.29 is 37.8 Å². The summed E-state index contributed by atoms with van der Waals surface area (Å²) in [4.78, 5) is 50.2. The lowest BCUT2D eigenvalue weighted by Gasteiger charge is -2.30. The van der Waals surface area contributed by atoms with E-state index in [0.29, 0.717) is 0 Å². The Hall–Kier alpha value is -1.80. The van der Waals surface area contributed by atoms with Crippen molar-refractivity contribution in [1.29, 1.82) is 0 Å². The zero-order valence-corrected chi connectivity index (χ0v) is 24.4. The molecule has 13 nitrogen and oxygen atoms in total. The number of aliphatic hydroxyl groups is 1. The van der Waals surface area contributed by atoms with Gasteiger partial charge in [0.05, 0.1) is 25.9 Å². The lowest BCUT2D eigenvalue weighted by Crippen LogP contribution is -2.44. The predicted octanol–water partition coefficient (Wildman–Crippen LogP) is 1.81. The second kappa shape index (κ2) is 13.0. The molecule has 0 aromatic carbocycles. The molecular weight excluding hydrogens is 541 g/mol. The molecule has 1 aromatic heterocycles. The van der Waals surface area contributed by atoms with E-state index in [2.05, 4.69) is 10.1 Å². The number of esters is 1. The van der Waals surface area contributed by atoms with Gasteiger partial charge in [-0.05, 0) is 20.8 Å². The first-order valence-corrected chi connectivity index (χ1v) is 14.7. The fourth-order valence-corrected chi connectivity index (χ4v) is 5.77. The van der Waals surface area contributed by atoms with Gasteiger partial charge >= 0.3 is 19.4 Å². The smallest absolute Gasteiger partial charge is 0.406 e. The van der Waals surface area contributed by atoms with Gasteiger partial charge in [0.2, 0.25) is 0 Å². The largest absolute Gasteiger partial charge is 0.462 e. The number of hydrogen-bond acceptors (Lipinski definition) is 11. The number of thioether (sulfide) groups is 1. The highest BCUT2D eigenvalue weighted by Gasteiger charge is 2.49. The SMILES string of the molecule is CC(C)OC(=O)C(C)NP(=O)(OCCSC(=O)C(C)(C)C)OC[C@@]1(O)CO[C@@H](n2ccc(=O)[nH]c2=O)[C@H]1C. The Morgan fingerprint density at radius 2 is 1.97 bits per heavy atom. The molecule has 0 aliphatic carbocycles. The summed E-state index contributed by atoms with van der Waals surface area (Å²) in [5.74, 6) is -1.24. The predicted molar refractivity (Wildman–Crippen MR) is 141 cm³/mol. The molecule has 38 heavy (non-hydrogen) atoms. The number of nitrogens with zero attached hydrogens (tertiary/aromatic N) is 1. The monoisotopic (exact) mass is 579 g/mol. The van der Waals surface area contributed by atoms with Gasteiger partial charge < -0.3 is 14.6 Å². The van der Waals surface area contributed by atoms with Crippen molar-refractivity contribution in [3.8, 4) is 0 Å². The number of aromatic nitrogens is 2. The molecule has 15 heteroatoms. The third-order valence-electron chi connectivity index (χ3n) is 5.64. The van der Waals surface area contributed by atoms with E-state index < -0.39 is 66.9 Å². The Morgan fingerprint density at radius 1 is 1.32 bits per heavy atom. The minimum absolute atomic E-state index is 0.0755. The number of carbonyl (C=O) groups is 2. The lowest BCUT2D eigenvalue weighted by molar-refractivity contribution is -0.149. The average molecular weight is 580 g/mol. The topological polar surface area (TPSA) is 175 Å². The number of rotatable bonds is 12. The third kappa shape index (κ3) is 8.87. The molecule has 1 aromatic rings. The van der Waals surface area contributed by atoms with Crippen LogP contribution in [0.3, 0.4) is 0 Å². The molecule has 3 N–H and O–H groups in total. The zero-order valence-electron chi connectivity index (χ0n) is 22.7. The minimum atomic E-state index is -4.21. The lowest BCUT2D eigenvalue weighted by atomic mass is 9.91. The Balaban J connectivity index is 2.13. The summed E-state index contributed by atoms with van der Waals surface area (Å²) in [6.07, 6.45) is -0.0810. The second-order valence-corrected chi connectivity index (χ2v) is 13.3. The van der Waals surface area contributed by atoms with Gasteiger partial charge in [-0.2, -0.15) is 0 Å². The van der Waals surface area contributed by atoms with Crippen LogP contribution in [-0.4, -0.2) is 69.1 Å². The Bertz CT molecular complexity index is 1150. The van der Waals surface area contributed by atoms with E-state index in [-0.39, 0.29) is 24.1 Å². The number of ether oxygens (including phenoxy) is 2. The molecular formula is C23H38N3O10PS. The number of hydrogen-bond donors (Lipinski definition) is 3. The molecule has 0 radical (unpaired) electrons. The molecule has 0 amide bonds. The summed E-state index contributed by atoms with van der Waals surface area (Å²) in [5, 5.41) is 13.7. The van der Waals surface area contributed by atoms with Gasteiger partial charge in [-0.3, -0.25) is 33.0 Å². The number of aromatic amines is 1. The van der Waals surface area contributed by atoms with Crippen LogP contribution in [0.2, 0.25) is 0 Å². The van der Waals surface area contributed by atoms with Crippen molar-refractivity contribution in [2.75, 3.05) is 25.6 Å². The fraction of sp³-hybridized carbons (Fsp3) is 0.739. The van der Waals surface area contributed by atoms with Crippen molar-refractivity contribution in [3.63, 3.8) is 0 Å². The van der Waals surface area contributed by atoms with Crippen LogP contribution in [0, 0.1) is 11.3 Å². The average Bonchev–Trinajstić information content (AvgIpc) is 3.09. The molecule has 0 bridgehead atoms. The van der Waals surface area contributed by atoms with Crippen LogP contribution in [0.25, 0.3) is 0 Å². The van der Waals surface area contributed by atoms with Crippen molar-refractivity contribution in [1.82, 2.24) is 14.6 Å². The van der Waals surface area contributed by atoms with Gasteiger partial charge in [0, 0.05) is 29.3 Å². The zero-order chi connectivity index (χ0) is 28.9. The summed E-state index contributed by atoms with van der Waals surface area (Å²) in [5.41, 5.74) is -3.55. The van der Waals surface area contributed by atoms with E-state index >= 15 is 0 Å². The maximum absolute atomic E-state index is 13.6. The summed E-state index contributed by atoms with van der Waals surface area (Å²) < 4.78 is 36.6. The maximum Gasteiger partial charge on any atom is 0.406 e. The van der Waals surface area contributed by atoms with Gasteiger partial charge in [0.15, 0.2) is 5.12 Å². The molecule has 1 fully saturated rings. The van der Waals surface area contributed by atoms with Crippen molar-refractivity contribution >= 4 is 30.6 Å². The van der Waals surface area contributed by atoms with Crippen LogP contribution in [-0.2, 0) is 32.7 Å². The minimum Gasteiger partial charge on any atom is -0.462 e. The van der Waals surface area contributed by atoms with Gasteiger partial charge in [0.1, 0.15) is 17.9 Å². The van der Waals surface area contributed by atoms with Crippen LogP contribution < -0.4 is 16.3 Å². The molecule has 2 unspecified atom stereocenters. The molecule has 216 valence electrons. The number of carbonyl (C=O) groups excluding carboxylic acids is 2. The molecule has 1 saturated heterocycles. The van der Waals surface area contributed by atoms with Crippen molar-refractivity contribution in [2.24, 2.45) is 11.3 Å². The highest BCUT2D eigenvalue weighted by molar-refractivity contribution is 8.13. The molecule has 5 atom stereocenters. The highest BCUT2D eigenvalue weighted by Crippen LogP contribution is 2.47. The van der Waals surface area contributed by atoms with Crippen LogP contribution in [0.1, 0.15) is 54.7 Å². The first kappa shape index (κ1) is 32.4. The summed E-state index contributed by atoms with van der Waals surface area (Å²) >= 11 is 1.01. The van der Waals surface area contributed by atoms with Crippen LogP contribution in [0.15, 0.2) is 21.9 Å². The van der Waals surface area contributed by atoms with Gasteiger partial charge in [-0.15, -0.1) is 0 Å². The van der Waals surface area contributed by atoms with E-state index in [1.807, 2.05) is 0 Å². The second-order valence-electron chi connectivity index (χ2n) is 10.4. The molecule has 1 aliphatic rings. The molecule has 0 saturated carbocycles. The summed E-state index contributed by atoms with van der Waals surface area (Å²) in [7, 11) is -4.21. The van der Waals surface area contributed by atoms with Gasteiger partial charge in [-0.1, -0.05) is 39.5 Å². The third-order valence-corrected chi connectivity index (χ3v) is 8.58. The van der Waals surface area contributed by atoms with E-state index in [9.17, 15) is 28.8 Å². The maximum atomic E-state index is 13.6. The fourth-order valence-electron chi connectivity index (χ4n) is 3.33. The van der Waals surface area contributed by atoms with E-state index in [1.54, 1.807) is 41.5 Å². The number of H-pyrrole nitrogens is 1.